The maximum atomic E-state index is 12.6. The van der Waals surface area contributed by atoms with Crippen LogP contribution in [-0.4, -0.2) is 16.1 Å². The third-order valence-electron chi connectivity index (χ3n) is 1.07. The average molecular weight is 220 g/mol. The quantitative estimate of drug-likeness (QED) is 0.732. The van der Waals surface area contributed by atoms with E-state index in [2.05, 4.69) is 20.9 Å². The molecule has 0 saturated carbocycles. The summed E-state index contributed by atoms with van der Waals surface area (Å²) in [6.07, 6.45) is 1.19. The predicted molar refractivity (Wildman–Crippen MR) is 38.9 cm³/mol. The minimum atomic E-state index is -1.33. The normalized spacial score (nSPS) is 9.64. The molecule has 0 spiro atoms. The van der Waals surface area contributed by atoms with Gasteiger partial charge in [0.15, 0.2) is 0 Å². The van der Waals surface area contributed by atoms with E-state index in [1.807, 2.05) is 0 Å². The highest BCUT2D eigenvalue weighted by molar-refractivity contribution is 9.10. The molecule has 0 aliphatic carbocycles. The number of carboxylic acids is 1. The van der Waals surface area contributed by atoms with E-state index >= 15 is 0 Å². The highest BCUT2D eigenvalue weighted by Crippen LogP contribution is 2.17. The predicted octanol–water partition coefficient (Wildman–Crippen LogP) is 1.68. The van der Waals surface area contributed by atoms with Crippen LogP contribution in [0, 0.1) is 5.95 Å². The molecular formula is C6H3BrFNO2. The number of aromatic nitrogens is 1. The van der Waals surface area contributed by atoms with Gasteiger partial charge in [-0.05, 0) is 22.0 Å². The Morgan fingerprint density at radius 3 is 2.73 bits per heavy atom. The van der Waals surface area contributed by atoms with Crippen LogP contribution in [0.2, 0.25) is 0 Å². The fraction of sp³-hybridized carbons (Fsp3) is 0. The molecule has 3 nitrogen and oxygen atoms in total. The van der Waals surface area contributed by atoms with E-state index in [9.17, 15) is 9.18 Å². The molecule has 1 aromatic rings. The summed E-state index contributed by atoms with van der Waals surface area (Å²) in [5, 5.41) is 8.44. The summed E-state index contributed by atoms with van der Waals surface area (Å²) in [5.74, 6) is -2.31. The first-order valence-electron chi connectivity index (χ1n) is 2.66. The number of hydrogen-bond donors (Lipinski definition) is 1. The fourth-order valence-corrected chi connectivity index (χ4v) is 1.06. The fourth-order valence-electron chi connectivity index (χ4n) is 0.605. The molecule has 1 heterocycles. The molecule has 11 heavy (non-hydrogen) atoms. The third-order valence-corrected chi connectivity index (χ3v) is 1.73. The Morgan fingerprint density at radius 1 is 1.73 bits per heavy atom. The minimum absolute atomic E-state index is 0.192. The van der Waals surface area contributed by atoms with Crippen LogP contribution >= 0.6 is 15.9 Å². The molecule has 0 atom stereocenters. The van der Waals surface area contributed by atoms with Crippen molar-refractivity contribution in [2.24, 2.45) is 0 Å². The Balaban J connectivity index is 3.32. The zero-order valence-electron chi connectivity index (χ0n) is 5.21. The van der Waals surface area contributed by atoms with E-state index in [-0.39, 0.29) is 4.47 Å². The molecule has 1 rings (SSSR count). The Bertz CT molecular complexity index is 282. The first kappa shape index (κ1) is 8.13. The van der Waals surface area contributed by atoms with Crippen LogP contribution in [0.15, 0.2) is 16.7 Å². The van der Waals surface area contributed by atoms with Gasteiger partial charge in [0.2, 0.25) is 5.95 Å². The Labute approximate surface area is 70.0 Å². The maximum Gasteiger partial charge on any atom is 0.341 e. The number of pyridine rings is 1. The van der Waals surface area contributed by atoms with Crippen LogP contribution in [-0.2, 0) is 0 Å². The minimum Gasteiger partial charge on any atom is -0.477 e. The zero-order chi connectivity index (χ0) is 8.43. The second kappa shape index (κ2) is 2.96. The lowest BCUT2D eigenvalue weighted by molar-refractivity contribution is 0.0689. The Kier molecular flexibility index (Phi) is 2.19. The summed E-state index contributed by atoms with van der Waals surface area (Å²) in [5.41, 5.74) is -0.437. The molecule has 0 aliphatic rings. The molecule has 0 unspecified atom stereocenters. The average Bonchev–Trinajstić information content (AvgIpc) is 1.85. The van der Waals surface area contributed by atoms with Crippen molar-refractivity contribution in [1.29, 1.82) is 0 Å². The van der Waals surface area contributed by atoms with Crippen LogP contribution in [0.1, 0.15) is 10.4 Å². The lowest BCUT2D eigenvalue weighted by Crippen LogP contribution is -2.03. The van der Waals surface area contributed by atoms with E-state index in [0.29, 0.717) is 0 Å². The summed E-state index contributed by atoms with van der Waals surface area (Å²) in [6.45, 7) is 0. The number of rotatable bonds is 1. The van der Waals surface area contributed by atoms with Crippen LogP contribution in [0.3, 0.4) is 0 Å². The number of carbonyl (C=O) groups is 1. The molecule has 0 aromatic carbocycles. The van der Waals surface area contributed by atoms with Gasteiger partial charge >= 0.3 is 5.97 Å². The molecular weight excluding hydrogens is 217 g/mol. The second-order valence-corrected chi connectivity index (χ2v) is 2.62. The largest absolute Gasteiger partial charge is 0.477 e. The van der Waals surface area contributed by atoms with Gasteiger partial charge in [-0.3, -0.25) is 0 Å². The van der Waals surface area contributed by atoms with Crippen molar-refractivity contribution in [2.75, 3.05) is 0 Å². The van der Waals surface area contributed by atoms with E-state index in [0.717, 1.165) is 0 Å². The molecule has 5 heteroatoms. The van der Waals surface area contributed by atoms with Crippen LogP contribution < -0.4 is 0 Å². The first-order valence-corrected chi connectivity index (χ1v) is 3.45. The Morgan fingerprint density at radius 2 is 2.36 bits per heavy atom. The van der Waals surface area contributed by atoms with E-state index in [1.165, 1.54) is 12.3 Å². The van der Waals surface area contributed by atoms with E-state index in [1.54, 1.807) is 0 Å². The van der Waals surface area contributed by atoms with Crippen molar-refractivity contribution in [1.82, 2.24) is 4.98 Å². The number of carboxylic acid groups (broad SMARTS) is 1. The van der Waals surface area contributed by atoms with Gasteiger partial charge in [-0.2, -0.15) is 4.39 Å². The van der Waals surface area contributed by atoms with Gasteiger partial charge in [0.25, 0.3) is 0 Å². The topological polar surface area (TPSA) is 50.2 Å². The molecule has 0 fully saturated rings. The highest BCUT2D eigenvalue weighted by atomic mass is 79.9. The molecule has 1 aromatic heterocycles. The highest BCUT2D eigenvalue weighted by Gasteiger charge is 2.14. The molecule has 0 saturated heterocycles. The molecule has 58 valence electrons. The van der Waals surface area contributed by atoms with Crippen molar-refractivity contribution >= 4 is 21.9 Å². The molecule has 0 radical (unpaired) electrons. The van der Waals surface area contributed by atoms with Gasteiger partial charge in [0.05, 0.1) is 0 Å². The van der Waals surface area contributed by atoms with Crippen LogP contribution in [0.4, 0.5) is 4.39 Å². The number of halogens is 2. The summed E-state index contributed by atoms with van der Waals surface area (Å²) >= 11 is 2.89. The lowest BCUT2D eigenvalue weighted by Gasteiger charge is -1.97. The van der Waals surface area contributed by atoms with Crippen molar-refractivity contribution in [3.8, 4) is 0 Å². The summed E-state index contributed by atoms with van der Waals surface area (Å²) in [4.78, 5) is 13.5. The maximum absolute atomic E-state index is 12.6. The van der Waals surface area contributed by atoms with Crippen LogP contribution in [0.5, 0.6) is 0 Å². The van der Waals surface area contributed by atoms with Gasteiger partial charge in [-0.25, -0.2) is 9.78 Å². The lowest BCUT2D eigenvalue weighted by atomic mass is 10.3. The number of nitrogens with zero attached hydrogens (tertiary/aromatic N) is 1. The summed E-state index contributed by atoms with van der Waals surface area (Å²) in [7, 11) is 0. The number of aromatic carboxylic acids is 1. The standard InChI is InChI=1S/C6H3BrFNO2/c7-3-1-2-9-5(8)4(3)6(10)11/h1-2H,(H,10,11). The Hall–Kier alpha value is -0.970. The summed E-state index contributed by atoms with van der Waals surface area (Å²) < 4.78 is 12.8. The molecule has 0 amide bonds. The summed E-state index contributed by atoms with van der Waals surface area (Å²) in [6, 6.07) is 1.37. The van der Waals surface area contributed by atoms with Gasteiger partial charge in [0.1, 0.15) is 5.56 Å². The van der Waals surface area contributed by atoms with E-state index < -0.39 is 17.5 Å². The van der Waals surface area contributed by atoms with Crippen molar-refractivity contribution in [2.45, 2.75) is 0 Å². The smallest absolute Gasteiger partial charge is 0.341 e. The second-order valence-electron chi connectivity index (χ2n) is 1.76. The van der Waals surface area contributed by atoms with E-state index in [4.69, 9.17) is 5.11 Å². The van der Waals surface area contributed by atoms with Gasteiger partial charge in [-0.15, -0.1) is 0 Å². The molecule has 0 bridgehead atoms. The van der Waals surface area contributed by atoms with Gasteiger partial charge < -0.3 is 5.11 Å². The number of hydrogen-bond acceptors (Lipinski definition) is 2. The van der Waals surface area contributed by atoms with Crippen molar-refractivity contribution in [3.05, 3.63) is 28.2 Å². The van der Waals surface area contributed by atoms with Gasteiger partial charge in [-0.1, -0.05) is 0 Å². The monoisotopic (exact) mass is 219 g/mol. The SMILES string of the molecule is O=C(O)c1c(Br)ccnc1F. The third kappa shape index (κ3) is 1.54. The van der Waals surface area contributed by atoms with Gasteiger partial charge in [0, 0.05) is 10.7 Å². The molecule has 1 N–H and O–H groups in total. The zero-order valence-corrected chi connectivity index (χ0v) is 6.80. The van der Waals surface area contributed by atoms with Crippen molar-refractivity contribution in [3.63, 3.8) is 0 Å². The van der Waals surface area contributed by atoms with Crippen LogP contribution in [0.25, 0.3) is 0 Å². The first-order chi connectivity index (χ1) is 5.13. The van der Waals surface area contributed by atoms with Crippen molar-refractivity contribution < 1.29 is 14.3 Å². The molecule has 0 aliphatic heterocycles.